The average molecular weight is 1230 g/mol. The first kappa shape index (κ1) is 61.1. The Morgan fingerprint density at radius 2 is 1.09 bits per heavy atom. The van der Waals surface area contributed by atoms with Crippen LogP contribution in [0.25, 0.3) is 27.9 Å². The Balaban J connectivity index is 0.000000177. The van der Waals surface area contributed by atoms with Crippen molar-refractivity contribution in [2.24, 2.45) is 11.8 Å². The normalized spacial score (nSPS) is 20.1. The van der Waals surface area contributed by atoms with E-state index in [0.717, 1.165) is 16.5 Å². The fourth-order valence-corrected chi connectivity index (χ4v) is 10.8. The third kappa shape index (κ3) is 12.6. The van der Waals surface area contributed by atoms with Crippen molar-refractivity contribution in [3.05, 3.63) is 120 Å². The fourth-order valence-electron chi connectivity index (χ4n) is 9.06. The minimum absolute atomic E-state index is 0. The number of allylic oxidation sites excluding steroid dienone is 2. The average Bonchev–Trinajstić information content (AvgIpc) is 4.27. The summed E-state index contributed by atoms with van der Waals surface area (Å²) in [5.41, 5.74) is -5.87. The van der Waals surface area contributed by atoms with Crippen LogP contribution in [-0.4, -0.2) is 91.4 Å². The van der Waals surface area contributed by atoms with Gasteiger partial charge in [-0.3, -0.25) is 0 Å². The summed E-state index contributed by atoms with van der Waals surface area (Å²) in [5, 5.41) is 8.97. The molecule has 2 fully saturated rings. The molecular weight excluding hydrogens is 1180 g/mol. The third-order valence-electron chi connectivity index (χ3n) is 13.0. The van der Waals surface area contributed by atoms with E-state index in [-0.39, 0.29) is 65.3 Å². The molecule has 0 N–H and O–H groups in total. The summed E-state index contributed by atoms with van der Waals surface area (Å²) >= 11 is 30.1. The molecule has 2 aliphatic heterocycles. The van der Waals surface area contributed by atoms with Crippen LogP contribution < -0.4 is 0 Å². The molecule has 4 aromatic heterocycles. The molecule has 4 aliphatic rings. The monoisotopic (exact) mass is 1220 g/mol. The molecule has 6 aromatic rings. The molecule has 2 aromatic carbocycles. The van der Waals surface area contributed by atoms with Crippen molar-refractivity contribution >= 4 is 96.0 Å². The number of halogens is 14. The van der Waals surface area contributed by atoms with E-state index < -0.39 is 63.0 Å². The maximum absolute atomic E-state index is 13.8. The second-order valence-electron chi connectivity index (χ2n) is 18.1. The lowest BCUT2D eigenvalue weighted by Gasteiger charge is -2.36. The second-order valence-corrected chi connectivity index (χ2v) is 21.7. The Morgan fingerprint density at radius 1 is 0.654 bits per heavy atom. The van der Waals surface area contributed by atoms with Crippen LogP contribution in [0.2, 0.25) is 25.2 Å². The number of ether oxygens (including phenoxy) is 4. The highest BCUT2D eigenvalue weighted by Crippen LogP contribution is 2.45. The van der Waals surface area contributed by atoms with Crippen LogP contribution in [0.5, 0.6) is 0 Å². The van der Waals surface area contributed by atoms with Gasteiger partial charge in [-0.05, 0) is 67.3 Å². The van der Waals surface area contributed by atoms with Gasteiger partial charge < -0.3 is 23.1 Å². The standard InChI is InChI=1S/C23H21Cl2F3N4O2.C14H8Cl3F3N4.C10H13F3O5S.CH4/c1-12-9-14(5-6-22(12)33-7-8-34-22)18-11-29-19-20(23(26,27)28)31-32(21(19)30-18)13(2)16-4-3-15(24)10-17(16)25;1-6(8-3-2-7(15)4-9(8)16)24-13-11(21-5-10(17)22-13)12(23-24)14(18,19)20;1-7-6-8(18-19(14,15)10(11,12)13)2-3-9(7)16-4-5-17-9;/h3-5,10-13H,6-9H2,1-2H3;2-6H,1H3;2,7H,3-6H2,1H3;1H4/t12?,13-;6-;;/m11../s1. The number of hydrogen-bond donors (Lipinski definition) is 0. The molecule has 0 radical (unpaired) electrons. The van der Waals surface area contributed by atoms with Crippen molar-refractivity contribution in [2.45, 2.75) is 102 Å². The van der Waals surface area contributed by atoms with Crippen molar-refractivity contribution in [2.75, 3.05) is 26.4 Å². The van der Waals surface area contributed by atoms with E-state index in [4.69, 9.17) is 77.0 Å². The predicted molar refractivity (Wildman–Crippen MR) is 271 cm³/mol. The van der Waals surface area contributed by atoms with E-state index in [1.165, 1.54) is 23.0 Å². The number of alkyl halides is 9. The summed E-state index contributed by atoms with van der Waals surface area (Å²) in [4.78, 5) is 16.4. The number of benzene rings is 2. The van der Waals surface area contributed by atoms with Gasteiger partial charge >= 0.3 is 28.0 Å². The van der Waals surface area contributed by atoms with Gasteiger partial charge in [-0.25, -0.2) is 29.3 Å². The van der Waals surface area contributed by atoms with Crippen LogP contribution >= 0.6 is 58.0 Å². The Labute approximate surface area is 465 Å². The van der Waals surface area contributed by atoms with Crippen LogP contribution in [0, 0.1) is 11.8 Å². The zero-order chi connectivity index (χ0) is 56.2. The first-order valence-electron chi connectivity index (χ1n) is 23.1. The maximum atomic E-state index is 13.8. The van der Waals surface area contributed by atoms with Crippen molar-refractivity contribution in [3.8, 4) is 0 Å². The van der Waals surface area contributed by atoms with E-state index in [0.29, 0.717) is 76.2 Å². The Hall–Kier alpha value is -4.57. The topological polar surface area (TPSA) is 167 Å². The van der Waals surface area contributed by atoms with E-state index in [2.05, 4.69) is 34.3 Å². The summed E-state index contributed by atoms with van der Waals surface area (Å²) in [6.07, 6.45) is -2.40. The highest BCUT2D eigenvalue weighted by atomic mass is 35.5. The zero-order valence-corrected chi connectivity index (χ0v) is 45.0. The van der Waals surface area contributed by atoms with Gasteiger partial charge in [0, 0.05) is 51.2 Å². The molecule has 4 atom stereocenters. The Kier molecular flexibility index (Phi) is 18.1. The van der Waals surface area contributed by atoms with E-state index in [1.54, 1.807) is 51.1 Å². The second kappa shape index (κ2) is 23.1. The van der Waals surface area contributed by atoms with E-state index in [1.807, 2.05) is 13.0 Å². The zero-order valence-electron chi connectivity index (χ0n) is 40.4. The molecule has 0 amide bonds. The first-order chi connectivity index (χ1) is 35.9. The van der Waals surface area contributed by atoms with E-state index >= 15 is 0 Å². The minimum Gasteiger partial charge on any atom is -0.381 e. The van der Waals surface area contributed by atoms with Crippen LogP contribution in [0.4, 0.5) is 39.5 Å². The summed E-state index contributed by atoms with van der Waals surface area (Å²) < 4.78 is 168. The van der Waals surface area contributed by atoms with Crippen LogP contribution in [0.3, 0.4) is 0 Å². The molecule has 6 heterocycles. The molecule has 2 spiro atoms. The quantitative estimate of drug-likeness (QED) is 0.0842. The van der Waals surface area contributed by atoms with Gasteiger partial charge in [0.05, 0.1) is 56.6 Å². The maximum Gasteiger partial charge on any atom is 0.534 e. The van der Waals surface area contributed by atoms with Gasteiger partial charge in [-0.15, -0.1) is 0 Å². The lowest BCUT2D eigenvalue weighted by atomic mass is 9.83. The lowest BCUT2D eigenvalue weighted by molar-refractivity contribution is -0.193. The summed E-state index contributed by atoms with van der Waals surface area (Å²) in [6.45, 7) is 9.00. The van der Waals surface area contributed by atoms with Crippen LogP contribution in [0.1, 0.15) is 101 Å². The third-order valence-corrected chi connectivity index (χ3v) is 15.3. The van der Waals surface area contributed by atoms with Crippen LogP contribution in [-0.2, 0) is 45.6 Å². The van der Waals surface area contributed by atoms with Crippen molar-refractivity contribution < 1.29 is 71.1 Å². The number of nitrogens with zero attached hydrogens (tertiary/aromatic N) is 8. The molecule has 15 nitrogen and oxygen atoms in total. The highest BCUT2D eigenvalue weighted by molar-refractivity contribution is 7.87. The minimum atomic E-state index is -5.61. The van der Waals surface area contributed by atoms with Crippen LogP contribution in [0.15, 0.2) is 66.7 Å². The van der Waals surface area contributed by atoms with Gasteiger partial charge in [-0.1, -0.05) is 97.5 Å². The molecule has 0 saturated carbocycles. The van der Waals surface area contributed by atoms with E-state index in [9.17, 15) is 47.9 Å². The summed E-state index contributed by atoms with van der Waals surface area (Å²) in [6, 6.07) is 8.27. The van der Waals surface area contributed by atoms with Crippen molar-refractivity contribution in [1.29, 1.82) is 0 Å². The number of rotatable bonds is 7. The largest absolute Gasteiger partial charge is 0.534 e. The smallest absolute Gasteiger partial charge is 0.381 e. The summed E-state index contributed by atoms with van der Waals surface area (Å²) in [7, 11) is -5.61. The highest BCUT2D eigenvalue weighted by Gasteiger charge is 2.51. The first-order valence-corrected chi connectivity index (χ1v) is 26.4. The molecule has 2 unspecified atom stereocenters. The summed E-state index contributed by atoms with van der Waals surface area (Å²) in [5.74, 6) is -1.98. The molecule has 2 aliphatic carbocycles. The fraction of sp³-hybridized carbons (Fsp3) is 0.458. The van der Waals surface area contributed by atoms with Gasteiger partial charge in [0.15, 0.2) is 34.3 Å². The molecule has 30 heteroatoms. The Bertz CT molecular complexity index is 3370. The number of fused-ring (bicyclic) bond motifs is 2. The lowest BCUT2D eigenvalue weighted by Crippen LogP contribution is -2.40. The molecule has 2 saturated heterocycles. The number of hydrogen-bond acceptors (Lipinski definition) is 13. The molecule has 78 heavy (non-hydrogen) atoms. The SMILES string of the molecule is C.CC1CC(OS(=O)(=O)C(F)(F)F)=CCC12OCCO2.CC1CC(c2cnc3c(C(F)(F)F)nn([C@H](C)c4ccc(Cl)cc4Cl)c3n2)=CCC12OCCO2.C[C@H](c1ccc(Cl)cc1Cl)n1nc(C(F)(F)F)c2ncc(Cl)nc21. The molecule has 424 valence electrons. The van der Waals surface area contributed by atoms with Crippen molar-refractivity contribution in [1.82, 2.24) is 39.5 Å². The van der Waals surface area contributed by atoms with Gasteiger partial charge in [-0.2, -0.15) is 58.1 Å². The molecule has 0 bridgehead atoms. The van der Waals surface area contributed by atoms with Gasteiger partial charge in [0.2, 0.25) is 0 Å². The van der Waals surface area contributed by atoms with Gasteiger partial charge in [0.1, 0.15) is 21.9 Å². The molecular formula is C48H46Cl5F9N8O7S. The van der Waals surface area contributed by atoms with Crippen molar-refractivity contribution in [3.63, 3.8) is 0 Å². The predicted octanol–water partition coefficient (Wildman–Crippen LogP) is 14.3. The van der Waals surface area contributed by atoms with Gasteiger partial charge in [0.25, 0.3) is 0 Å². The Morgan fingerprint density at radius 3 is 1.51 bits per heavy atom. The molecule has 10 rings (SSSR count). The number of aromatic nitrogens is 8.